The Hall–Kier alpha value is -1.77. The first-order chi connectivity index (χ1) is 12.4. The molecule has 0 N–H and O–H groups in total. The summed E-state index contributed by atoms with van der Waals surface area (Å²) in [4.78, 5) is 0. The van der Waals surface area contributed by atoms with E-state index in [1.807, 2.05) is 53.2 Å². The molecule has 2 aliphatic heterocycles. The first-order valence-corrected chi connectivity index (χ1v) is 10.9. The lowest BCUT2D eigenvalue weighted by molar-refractivity contribution is 0.374. The van der Waals surface area contributed by atoms with Gasteiger partial charge < -0.3 is 4.52 Å². The minimum Gasteiger partial charge on any atom is -0.418 e. The van der Waals surface area contributed by atoms with Gasteiger partial charge in [0.15, 0.2) is 0 Å². The number of fused-ring (bicyclic) bond motifs is 1. The molecule has 0 unspecified atom stereocenters. The Morgan fingerprint density at radius 2 is 1.85 bits per heavy atom. The molecule has 0 aliphatic carbocycles. The van der Waals surface area contributed by atoms with E-state index in [2.05, 4.69) is 31.5 Å². The number of rotatable bonds is 3. The van der Waals surface area contributed by atoms with E-state index in [1.165, 1.54) is 5.56 Å². The smallest absolute Gasteiger partial charge is 0.418 e. The van der Waals surface area contributed by atoms with Gasteiger partial charge in [-0.25, -0.2) is 4.57 Å². The Balaban J connectivity index is 1.71. The monoisotopic (exact) mass is 370 g/mol. The van der Waals surface area contributed by atoms with Crippen LogP contribution in [0.2, 0.25) is 0 Å². The first kappa shape index (κ1) is 17.6. The van der Waals surface area contributed by atoms with E-state index in [1.54, 1.807) is 0 Å². The molecule has 4 nitrogen and oxygen atoms in total. The highest BCUT2D eigenvalue weighted by molar-refractivity contribution is 7.59. The van der Waals surface area contributed by atoms with Gasteiger partial charge in [-0.05, 0) is 48.1 Å². The summed E-state index contributed by atoms with van der Waals surface area (Å²) in [5, 5.41) is 0. The number of nitrogens with zero attached hydrogens (tertiary/aromatic N) is 2. The van der Waals surface area contributed by atoms with Crippen LogP contribution in [0.15, 0.2) is 54.6 Å². The molecule has 2 saturated heterocycles. The second-order valence-electron chi connectivity index (χ2n) is 8.24. The molecule has 2 fully saturated rings. The maximum Gasteiger partial charge on any atom is 0.422 e. The van der Waals surface area contributed by atoms with E-state index in [0.717, 1.165) is 31.6 Å². The lowest BCUT2D eigenvalue weighted by Gasteiger charge is -2.30. The third kappa shape index (κ3) is 3.06. The fraction of sp³-hybridized carbons (Fsp3) is 0.429. The summed E-state index contributed by atoms with van der Waals surface area (Å²) in [6, 6.07) is 18.4. The average Bonchev–Trinajstić information content (AvgIpc) is 3.18. The summed E-state index contributed by atoms with van der Waals surface area (Å²) in [5.74, 6) is 0.689. The van der Waals surface area contributed by atoms with Crippen molar-refractivity contribution >= 4 is 13.4 Å². The molecule has 4 rings (SSSR count). The van der Waals surface area contributed by atoms with E-state index in [0.29, 0.717) is 11.8 Å². The fourth-order valence-corrected chi connectivity index (χ4v) is 6.57. The van der Waals surface area contributed by atoms with Crippen LogP contribution in [0.4, 0.5) is 5.69 Å². The Kier molecular flexibility index (Phi) is 4.37. The van der Waals surface area contributed by atoms with Crippen LogP contribution in [0.25, 0.3) is 0 Å². The van der Waals surface area contributed by atoms with Crippen LogP contribution in [0.5, 0.6) is 5.75 Å². The summed E-state index contributed by atoms with van der Waals surface area (Å²) in [6.45, 7) is 8.13. The van der Waals surface area contributed by atoms with E-state index in [9.17, 15) is 4.57 Å². The van der Waals surface area contributed by atoms with Crippen molar-refractivity contribution in [1.82, 2.24) is 4.67 Å². The maximum atomic E-state index is 14.1. The SMILES string of the molecule is CC(C)(C)c1cccc(O[P@@]2(=O)N(c3ccccc3)C[C@@H]3CCCN32)c1. The summed E-state index contributed by atoms with van der Waals surface area (Å²) in [5.41, 5.74) is 2.18. The number of benzene rings is 2. The zero-order valence-electron chi connectivity index (χ0n) is 15.8. The normalized spacial score (nSPS) is 26.1. The topological polar surface area (TPSA) is 32.8 Å². The van der Waals surface area contributed by atoms with E-state index in [-0.39, 0.29) is 5.41 Å². The van der Waals surface area contributed by atoms with Crippen molar-refractivity contribution in [2.45, 2.75) is 45.1 Å². The predicted octanol–water partition coefficient (Wildman–Crippen LogP) is 5.46. The summed E-state index contributed by atoms with van der Waals surface area (Å²) >= 11 is 0. The van der Waals surface area contributed by atoms with E-state index in [4.69, 9.17) is 4.52 Å². The Morgan fingerprint density at radius 1 is 1.08 bits per heavy atom. The van der Waals surface area contributed by atoms with Crippen molar-refractivity contribution in [2.24, 2.45) is 0 Å². The van der Waals surface area contributed by atoms with Crippen LogP contribution in [0, 0.1) is 0 Å². The molecule has 0 saturated carbocycles. The Bertz CT molecular complexity index is 831. The quantitative estimate of drug-likeness (QED) is 0.672. The van der Waals surface area contributed by atoms with Gasteiger partial charge in [0.05, 0.1) is 0 Å². The minimum absolute atomic E-state index is 0.0266. The highest BCUT2D eigenvalue weighted by atomic mass is 31.2. The van der Waals surface area contributed by atoms with Crippen LogP contribution < -0.4 is 9.19 Å². The molecule has 0 radical (unpaired) electrons. The van der Waals surface area contributed by atoms with Crippen molar-refractivity contribution < 1.29 is 9.09 Å². The lowest BCUT2D eigenvalue weighted by Crippen LogP contribution is -2.23. The van der Waals surface area contributed by atoms with Crippen molar-refractivity contribution in [3.63, 3.8) is 0 Å². The number of anilines is 1. The highest BCUT2D eigenvalue weighted by Gasteiger charge is 2.53. The van der Waals surface area contributed by atoms with Gasteiger partial charge in [0.1, 0.15) is 5.75 Å². The van der Waals surface area contributed by atoms with Gasteiger partial charge in [0, 0.05) is 24.8 Å². The van der Waals surface area contributed by atoms with Gasteiger partial charge in [-0.2, -0.15) is 4.67 Å². The van der Waals surface area contributed by atoms with Gasteiger partial charge in [0.25, 0.3) is 0 Å². The molecule has 0 spiro atoms. The number of hydrogen-bond acceptors (Lipinski definition) is 2. The highest BCUT2D eigenvalue weighted by Crippen LogP contribution is 2.63. The standard InChI is InChI=1S/C21H27N2O2P/c1-21(2,3)17-9-7-13-20(15-17)25-26(24)22-14-8-12-19(22)16-23(26)18-10-5-4-6-11-18/h4-7,9-11,13,15,19H,8,12,14,16H2,1-3H3/t19-,26+/m0/s1. The van der Waals surface area contributed by atoms with Crippen molar-refractivity contribution in [1.29, 1.82) is 0 Å². The van der Waals surface area contributed by atoms with E-state index >= 15 is 0 Å². The predicted molar refractivity (Wildman–Crippen MR) is 107 cm³/mol. The first-order valence-electron chi connectivity index (χ1n) is 9.38. The molecule has 2 aromatic carbocycles. The third-order valence-corrected chi connectivity index (χ3v) is 7.97. The minimum atomic E-state index is -3.13. The molecular weight excluding hydrogens is 343 g/mol. The summed E-state index contributed by atoms with van der Waals surface area (Å²) in [7, 11) is -3.13. The molecule has 0 aromatic heterocycles. The largest absolute Gasteiger partial charge is 0.422 e. The van der Waals surface area contributed by atoms with Gasteiger partial charge in [0.2, 0.25) is 0 Å². The van der Waals surface area contributed by atoms with Crippen molar-refractivity contribution in [2.75, 3.05) is 17.8 Å². The molecule has 2 heterocycles. The van der Waals surface area contributed by atoms with Crippen LogP contribution >= 0.6 is 7.67 Å². The molecule has 138 valence electrons. The number of para-hydroxylation sites is 1. The fourth-order valence-electron chi connectivity index (χ4n) is 3.89. The second-order valence-corrected chi connectivity index (χ2v) is 10.4. The molecular formula is C21H27N2O2P. The molecule has 2 aliphatic rings. The summed E-state index contributed by atoms with van der Waals surface area (Å²) < 4.78 is 24.5. The molecule has 0 bridgehead atoms. The number of hydrogen-bond donors (Lipinski definition) is 0. The molecule has 2 atom stereocenters. The van der Waals surface area contributed by atoms with Crippen LogP contribution in [-0.4, -0.2) is 23.8 Å². The van der Waals surface area contributed by atoms with Gasteiger partial charge >= 0.3 is 7.67 Å². The zero-order chi connectivity index (χ0) is 18.4. The Morgan fingerprint density at radius 3 is 2.58 bits per heavy atom. The average molecular weight is 370 g/mol. The summed E-state index contributed by atoms with van der Waals surface area (Å²) in [6.07, 6.45) is 2.17. The van der Waals surface area contributed by atoms with Crippen molar-refractivity contribution in [3.05, 3.63) is 60.2 Å². The molecule has 2 aromatic rings. The third-order valence-electron chi connectivity index (χ3n) is 5.34. The van der Waals surface area contributed by atoms with Crippen molar-refractivity contribution in [3.8, 4) is 5.75 Å². The molecule has 26 heavy (non-hydrogen) atoms. The molecule has 5 heteroatoms. The second kappa shape index (κ2) is 6.44. The van der Waals surface area contributed by atoms with Gasteiger partial charge in [-0.3, -0.25) is 4.67 Å². The lowest BCUT2D eigenvalue weighted by atomic mass is 9.87. The maximum absolute atomic E-state index is 14.1. The van der Waals surface area contributed by atoms with Crippen LogP contribution in [-0.2, 0) is 9.98 Å². The zero-order valence-corrected chi connectivity index (χ0v) is 16.7. The molecule has 0 amide bonds. The van der Waals surface area contributed by atoms with Gasteiger partial charge in [-0.15, -0.1) is 0 Å². The van der Waals surface area contributed by atoms with E-state index < -0.39 is 7.67 Å². The van der Waals surface area contributed by atoms with Crippen LogP contribution in [0.3, 0.4) is 0 Å². The van der Waals surface area contributed by atoms with Crippen LogP contribution in [0.1, 0.15) is 39.2 Å². The van der Waals surface area contributed by atoms with Gasteiger partial charge in [-0.1, -0.05) is 51.1 Å². The Labute approximate surface area is 156 Å².